The summed E-state index contributed by atoms with van der Waals surface area (Å²) in [5.41, 5.74) is 4.06. The lowest BCUT2D eigenvalue weighted by molar-refractivity contribution is 0.495. The van der Waals surface area contributed by atoms with Gasteiger partial charge in [-0.2, -0.15) is 0 Å². The number of aryl methyl sites for hydroxylation is 2. The predicted octanol–water partition coefficient (Wildman–Crippen LogP) is 5.80. The van der Waals surface area contributed by atoms with Crippen molar-refractivity contribution in [3.05, 3.63) is 75.6 Å². The molecule has 0 N–H and O–H groups in total. The summed E-state index contributed by atoms with van der Waals surface area (Å²) in [6, 6.07) is 6.74. The number of hydrogen-bond donors (Lipinski definition) is 0. The van der Waals surface area contributed by atoms with Gasteiger partial charge in [-0.25, -0.2) is 13.2 Å². The molecule has 0 aliphatic heterocycles. The molecule has 126 valence electrons. The molecule has 0 aromatic heterocycles. The van der Waals surface area contributed by atoms with Gasteiger partial charge in [-0.3, -0.25) is 0 Å². The van der Waals surface area contributed by atoms with E-state index in [1.165, 1.54) is 0 Å². The predicted molar refractivity (Wildman–Crippen MR) is 91.5 cm³/mol. The lowest BCUT2D eigenvalue weighted by atomic mass is 9.86. The monoisotopic (exact) mass is 330 g/mol. The highest BCUT2D eigenvalue weighted by molar-refractivity contribution is 5.71. The zero-order valence-corrected chi connectivity index (χ0v) is 14.1. The van der Waals surface area contributed by atoms with Gasteiger partial charge in [0.15, 0.2) is 11.6 Å². The zero-order chi connectivity index (χ0) is 17.3. The van der Waals surface area contributed by atoms with Crippen molar-refractivity contribution >= 4 is 5.57 Å². The van der Waals surface area contributed by atoms with Crippen LogP contribution in [-0.2, 0) is 25.7 Å². The Labute approximate surface area is 141 Å². The standard InChI is InChI=1S/C21H21F3/c1-3-5-14-8-9-18(21(24)20(14)23)16-7-6-15-10-13(4-2)19(22)12-17(15)11-16/h7-10,12H,3-6,11H2,1-2H3. The van der Waals surface area contributed by atoms with E-state index in [0.29, 0.717) is 36.8 Å². The Morgan fingerprint density at radius 1 is 0.917 bits per heavy atom. The first kappa shape index (κ1) is 16.8. The topological polar surface area (TPSA) is 0 Å². The first-order valence-corrected chi connectivity index (χ1v) is 8.51. The van der Waals surface area contributed by atoms with E-state index in [1.807, 2.05) is 26.0 Å². The molecule has 0 radical (unpaired) electrons. The molecule has 0 spiro atoms. The second kappa shape index (κ2) is 6.84. The van der Waals surface area contributed by atoms with Crippen LogP contribution in [0.3, 0.4) is 0 Å². The van der Waals surface area contributed by atoms with Crippen LogP contribution in [0.4, 0.5) is 13.2 Å². The molecule has 0 fully saturated rings. The lowest BCUT2D eigenvalue weighted by Gasteiger charge is -2.20. The van der Waals surface area contributed by atoms with Gasteiger partial charge in [-0.05, 0) is 59.6 Å². The van der Waals surface area contributed by atoms with Crippen molar-refractivity contribution in [1.29, 1.82) is 0 Å². The summed E-state index contributed by atoms with van der Waals surface area (Å²) >= 11 is 0. The van der Waals surface area contributed by atoms with E-state index in [1.54, 1.807) is 18.2 Å². The van der Waals surface area contributed by atoms with Crippen molar-refractivity contribution < 1.29 is 13.2 Å². The van der Waals surface area contributed by atoms with Crippen LogP contribution in [0.2, 0.25) is 0 Å². The summed E-state index contributed by atoms with van der Waals surface area (Å²) in [4.78, 5) is 0. The van der Waals surface area contributed by atoms with Crippen LogP contribution in [0, 0.1) is 17.5 Å². The highest BCUT2D eigenvalue weighted by atomic mass is 19.2. The minimum absolute atomic E-state index is 0.220. The molecule has 3 rings (SSSR count). The second-order valence-electron chi connectivity index (χ2n) is 6.33. The van der Waals surface area contributed by atoms with Crippen molar-refractivity contribution in [3.63, 3.8) is 0 Å². The zero-order valence-electron chi connectivity index (χ0n) is 14.1. The van der Waals surface area contributed by atoms with E-state index in [2.05, 4.69) is 0 Å². The van der Waals surface area contributed by atoms with Gasteiger partial charge in [0.25, 0.3) is 0 Å². The molecule has 0 unspecified atom stereocenters. The first-order valence-electron chi connectivity index (χ1n) is 8.51. The Balaban J connectivity index is 1.95. The smallest absolute Gasteiger partial charge is 0.166 e. The van der Waals surface area contributed by atoms with Crippen LogP contribution < -0.4 is 0 Å². The normalized spacial score (nSPS) is 13.6. The highest BCUT2D eigenvalue weighted by Crippen LogP contribution is 2.32. The third kappa shape index (κ3) is 3.00. The maximum atomic E-state index is 14.5. The van der Waals surface area contributed by atoms with Gasteiger partial charge in [0, 0.05) is 5.56 Å². The van der Waals surface area contributed by atoms with Gasteiger partial charge in [-0.15, -0.1) is 0 Å². The van der Waals surface area contributed by atoms with E-state index in [0.717, 1.165) is 23.1 Å². The van der Waals surface area contributed by atoms with Gasteiger partial charge in [-0.1, -0.05) is 44.5 Å². The van der Waals surface area contributed by atoms with E-state index < -0.39 is 11.6 Å². The minimum Gasteiger partial charge on any atom is -0.207 e. The number of allylic oxidation sites excluding steroid dienone is 2. The molecule has 2 aromatic carbocycles. The van der Waals surface area contributed by atoms with Crippen LogP contribution in [0.15, 0.2) is 30.3 Å². The van der Waals surface area contributed by atoms with Crippen LogP contribution in [0.25, 0.3) is 5.57 Å². The Morgan fingerprint density at radius 2 is 1.71 bits per heavy atom. The number of benzene rings is 2. The van der Waals surface area contributed by atoms with E-state index >= 15 is 0 Å². The molecular weight excluding hydrogens is 309 g/mol. The average Bonchev–Trinajstić information content (AvgIpc) is 2.58. The molecule has 2 aromatic rings. The quantitative estimate of drug-likeness (QED) is 0.664. The molecule has 1 aliphatic rings. The molecule has 0 amide bonds. The summed E-state index contributed by atoms with van der Waals surface area (Å²) in [5, 5.41) is 0. The molecule has 0 atom stereocenters. The second-order valence-corrected chi connectivity index (χ2v) is 6.33. The molecule has 0 nitrogen and oxygen atoms in total. The molecule has 24 heavy (non-hydrogen) atoms. The molecular formula is C21H21F3. The van der Waals surface area contributed by atoms with Crippen LogP contribution in [0.1, 0.15) is 48.1 Å². The van der Waals surface area contributed by atoms with Gasteiger partial charge < -0.3 is 0 Å². The van der Waals surface area contributed by atoms with Crippen LogP contribution >= 0.6 is 0 Å². The number of halogens is 3. The molecule has 0 saturated carbocycles. The van der Waals surface area contributed by atoms with Crippen LogP contribution in [-0.4, -0.2) is 0 Å². The van der Waals surface area contributed by atoms with Crippen molar-refractivity contribution in [1.82, 2.24) is 0 Å². The molecule has 1 aliphatic carbocycles. The summed E-state index contributed by atoms with van der Waals surface area (Å²) in [7, 11) is 0. The lowest BCUT2D eigenvalue weighted by Crippen LogP contribution is -2.08. The maximum absolute atomic E-state index is 14.5. The number of fused-ring (bicyclic) bond motifs is 1. The first-order chi connectivity index (χ1) is 11.5. The third-order valence-electron chi connectivity index (χ3n) is 4.73. The van der Waals surface area contributed by atoms with Crippen molar-refractivity contribution in [2.75, 3.05) is 0 Å². The minimum atomic E-state index is -0.790. The summed E-state index contributed by atoms with van der Waals surface area (Å²) in [6.07, 6.45) is 4.92. The van der Waals surface area contributed by atoms with E-state index in [4.69, 9.17) is 0 Å². The van der Waals surface area contributed by atoms with Gasteiger partial charge >= 0.3 is 0 Å². The van der Waals surface area contributed by atoms with Crippen LogP contribution in [0.5, 0.6) is 0 Å². The number of rotatable bonds is 4. The maximum Gasteiger partial charge on any atom is 0.166 e. The Bertz CT molecular complexity index is 803. The molecule has 0 heterocycles. The summed E-state index contributed by atoms with van der Waals surface area (Å²) < 4.78 is 42.7. The fourth-order valence-corrected chi connectivity index (χ4v) is 3.35. The Hall–Kier alpha value is -2.03. The Kier molecular flexibility index (Phi) is 4.79. The van der Waals surface area contributed by atoms with Crippen molar-refractivity contribution in [3.8, 4) is 0 Å². The van der Waals surface area contributed by atoms with Gasteiger partial charge in [0.2, 0.25) is 0 Å². The fraction of sp³-hybridized carbons (Fsp3) is 0.333. The summed E-state index contributed by atoms with van der Waals surface area (Å²) in [6.45, 7) is 3.86. The third-order valence-corrected chi connectivity index (χ3v) is 4.73. The highest BCUT2D eigenvalue weighted by Gasteiger charge is 2.20. The molecule has 0 bridgehead atoms. The van der Waals surface area contributed by atoms with E-state index in [9.17, 15) is 13.2 Å². The van der Waals surface area contributed by atoms with E-state index in [-0.39, 0.29) is 11.4 Å². The molecule has 0 saturated heterocycles. The number of hydrogen-bond acceptors (Lipinski definition) is 0. The van der Waals surface area contributed by atoms with Crippen molar-refractivity contribution in [2.45, 2.75) is 46.0 Å². The summed E-state index contributed by atoms with van der Waals surface area (Å²) in [5.74, 6) is -1.77. The van der Waals surface area contributed by atoms with Gasteiger partial charge in [0.05, 0.1) is 0 Å². The largest absolute Gasteiger partial charge is 0.207 e. The Morgan fingerprint density at radius 3 is 2.42 bits per heavy atom. The fourth-order valence-electron chi connectivity index (χ4n) is 3.35. The molecule has 3 heteroatoms. The average molecular weight is 330 g/mol. The van der Waals surface area contributed by atoms with Gasteiger partial charge in [0.1, 0.15) is 5.82 Å². The van der Waals surface area contributed by atoms with Crippen molar-refractivity contribution in [2.24, 2.45) is 0 Å². The SMILES string of the molecule is CCCc1ccc(C2=CCc3cc(CC)c(F)cc3C2)c(F)c1F.